The number of rotatable bonds is 2. The smallest absolute Gasteiger partial charge is 0.314 e. The van der Waals surface area contributed by atoms with Gasteiger partial charge in [0.25, 0.3) is 0 Å². The summed E-state index contributed by atoms with van der Waals surface area (Å²) in [5.41, 5.74) is 2.30. The maximum absolute atomic E-state index is 12.2. The summed E-state index contributed by atoms with van der Waals surface area (Å²) in [6.07, 6.45) is 9.33. The zero-order chi connectivity index (χ0) is 25.8. The number of amides is 2. The van der Waals surface area contributed by atoms with E-state index in [0.29, 0.717) is 36.1 Å². The van der Waals surface area contributed by atoms with E-state index in [0.717, 1.165) is 18.2 Å². The van der Waals surface area contributed by atoms with Crippen molar-refractivity contribution in [2.75, 3.05) is 38.5 Å². The van der Waals surface area contributed by atoms with Crippen molar-refractivity contribution in [3.63, 3.8) is 0 Å². The number of anilines is 1. The largest absolute Gasteiger partial charge is 0.334 e. The van der Waals surface area contributed by atoms with Gasteiger partial charge in [-0.1, -0.05) is 19.1 Å². The molecule has 1 unspecified atom stereocenters. The number of fused-ring (bicyclic) bond motifs is 2. The maximum atomic E-state index is 12.2. The highest BCUT2D eigenvalue weighted by Gasteiger charge is 2.26. The lowest BCUT2D eigenvalue weighted by Crippen LogP contribution is -2.44. The van der Waals surface area contributed by atoms with E-state index in [2.05, 4.69) is 63.6 Å². The van der Waals surface area contributed by atoms with Gasteiger partial charge in [0.2, 0.25) is 0 Å². The molecule has 0 bridgehead atoms. The number of hydrogen-bond donors (Lipinski definition) is 2. The average Bonchev–Trinajstić information content (AvgIpc) is 3.57. The van der Waals surface area contributed by atoms with Gasteiger partial charge in [0.1, 0.15) is 0 Å². The van der Waals surface area contributed by atoms with Crippen LogP contribution in [-0.4, -0.2) is 75.0 Å². The molecule has 2 saturated heterocycles. The number of hydrogen-bond acceptors (Lipinski definition) is 7. The standard InChI is InChI=1S/C14H17N5O2.C13H16N2S/c1-9-3-2-4-19(8-9)14(21)13(20)17-11-7-15-5-10-6-16-18-12(10)11;1-15-8-6-10(7-9-15)13-14-11-4-2-3-5-12(11)16-13/h5-7,9H,2-4,8H2,1H3,(H,16,18)(H,17,20);2-5,10H,6-9H2,1H3. The van der Waals surface area contributed by atoms with Gasteiger partial charge >= 0.3 is 11.8 Å². The van der Waals surface area contributed by atoms with E-state index in [1.54, 1.807) is 17.3 Å². The SMILES string of the molecule is CC1CCCN(C(=O)C(=O)Nc2cncc3cn[nH]c23)C1.CN1CCC(c2nc3ccccc3s2)CC1. The molecule has 2 fully saturated rings. The summed E-state index contributed by atoms with van der Waals surface area (Å²) in [7, 11) is 2.20. The Morgan fingerprint density at radius 3 is 2.68 bits per heavy atom. The van der Waals surface area contributed by atoms with E-state index >= 15 is 0 Å². The van der Waals surface area contributed by atoms with Gasteiger partial charge in [-0.2, -0.15) is 5.10 Å². The van der Waals surface area contributed by atoms with E-state index in [1.807, 2.05) is 11.3 Å². The van der Waals surface area contributed by atoms with Gasteiger partial charge < -0.3 is 15.1 Å². The van der Waals surface area contributed by atoms with Gasteiger partial charge in [-0.25, -0.2) is 4.98 Å². The van der Waals surface area contributed by atoms with Crippen LogP contribution in [0.25, 0.3) is 21.1 Å². The predicted octanol–water partition coefficient (Wildman–Crippen LogP) is 4.26. The number of nitrogens with one attached hydrogen (secondary N) is 2. The number of pyridine rings is 1. The zero-order valence-corrected chi connectivity index (χ0v) is 22.1. The Morgan fingerprint density at radius 2 is 1.89 bits per heavy atom. The number of likely N-dealkylation sites (tertiary alicyclic amines) is 2. The molecule has 9 nitrogen and oxygen atoms in total. The van der Waals surface area contributed by atoms with Crippen molar-refractivity contribution in [2.24, 2.45) is 5.92 Å². The van der Waals surface area contributed by atoms with Crippen LogP contribution >= 0.6 is 11.3 Å². The number of aromatic amines is 1. The Labute approximate surface area is 220 Å². The maximum Gasteiger partial charge on any atom is 0.314 e. The minimum Gasteiger partial charge on any atom is -0.334 e. The van der Waals surface area contributed by atoms with Crippen LogP contribution in [0.15, 0.2) is 42.9 Å². The summed E-state index contributed by atoms with van der Waals surface area (Å²) in [4.78, 5) is 37.1. The third-order valence-corrected chi connectivity index (χ3v) is 8.32. The van der Waals surface area contributed by atoms with Gasteiger partial charge in [0, 0.05) is 30.6 Å². The van der Waals surface area contributed by atoms with Crippen molar-refractivity contribution in [1.29, 1.82) is 0 Å². The first-order valence-electron chi connectivity index (χ1n) is 12.9. The molecule has 1 atom stereocenters. The molecule has 2 N–H and O–H groups in total. The molecule has 194 valence electrons. The predicted molar refractivity (Wildman–Crippen MR) is 147 cm³/mol. The fourth-order valence-corrected chi connectivity index (χ4v) is 6.11. The van der Waals surface area contributed by atoms with Crippen LogP contribution in [0, 0.1) is 5.92 Å². The number of carbonyl (C=O) groups is 2. The number of para-hydroxylation sites is 1. The molecule has 0 spiro atoms. The van der Waals surface area contributed by atoms with Crippen LogP contribution in [0.1, 0.15) is 43.5 Å². The van der Waals surface area contributed by atoms with Crippen LogP contribution in [0.3, 0.4) is 0 Å². The topological polar surface area (TPSA) is 107 Å². The third kappa shape index (κ3) is 5.97. The number of thiazole rings is 1. The molecule has 4 aromatic rings. The van der Waals surface area contributed by atoms with Crippen molar-refractivity contribution < 1.29 is 9.59 Å². The van der Waals surface area contributed by atoms with Crippen molar-refractivity contribution >= 4 is 50.0 Å². The molecule has 37 heavy (non-hydrogen) atoms. The fraction of sp³-hybridized carbons (Fsp3) is 0.444. The van der Waals surface area contributed by atoms with Crippen LogP contribution in [0.4, 0.5) is 5.69 Å². The number of piperidine rings is 2. The van der Waals surface area contributed by atoms with E-state index in [9.17, 15) is 9.59 Å². The molecule has 0 aliphatic carbocycles. The van der Waals surface area contributed by atoms with Gasteiger partial charge in [-0.3, -0.25) is 19.7 Å². The number of benzene rings is 1. The van der Waals surface area contributed by atoms with E-state index < -0.39 is 11.8 Å². The Kier molecular flexibility index (Phi) is 7.76. The Bertz CT molecular complexity index is 1340. The lowest BCUT2D eigenvalue weighted by molar-refractivity contribution is -0.144. The second-order valence-corrected chi connectivity index (χ2v) is 11.1. The van der Waals surface area contributed by atoms with Crippen LogP contribution in [-0.2, 0) is 9.59 Å². The molecular weight excluding hydrogens is 486 g/mol. The molecule has 3 aromatic heterocycles. The third-order valence-electron chi connectivity index (χ3n) is 7.12. The molecular formula is C27H33N7O2S. The minimum atomic E-state index is -0.631. The van der Waals surface area contributed by atoms with E-state index in [1.165, 1.54) is 47.4 Å². The fourth-order valence-electron chi connectivity index (χ4n) is 4.97. The van der Waals surface area contributed by atoms with E-state index in [-0.39, 0.29) is 0 Å². The molecule has 0 radical (unpaired) electrons. The zero-order valence-electron chi connectivity index (χ0n) is 21.3. The molecule has 2 aliphatic rings. The highest BCUT2D eigenvalue weighted by atomic mass is 32.1. The van der Waals surface area contributed by atoms with Gasteiger partial charge in [0.15, 0.2) is 0 Å². The second kappa shape index (κ2) is 11.4. The molecule has 1 aromatic carbocycles. The normalized spacial score (nSPS) is 19.0. The Hall–Kier alpha value is -3.37. The first-order chi connectivity index (χ1) is 18.0. The highest BCUT2D eigenvalue weighted by Crippen LogP contribution is 2.33. The number of aromatic nitrogens is 4. The number of H-pyrrole nitrogens is 1. The van der Waals surface area contributed by atoms with Crippen molar-refractivity contribution in [3.8, 4) is 0 Å². The van der Waals surface area contributed by atoms with Crippen LogP contribution < -0.4 is 5.32 Å². The Morgan fingerprint density at radius 1 is 1.08 bits per heavy atom. The summed E-state index contributed by atoms with van der Waals surface area (Å²) < 4.78 is 1.33. The summed E-state index contributed by atoms with van der Waals surface area (Å²) in [6.45, 7) is 5.79. The molecule has 2 aliphatic heterocycles. The molecule has 0 saturated carbocycles. The van der Waals surface area contributed by atoms with E-state index in [4.69, 9.17) is 4.98 Å². The van der Waals surface area contributed by atoms with Gasteiger partial charge in [-0.15, -0.1) is 11.3 Å². The minimum absolute atomic E-state index is 0.438. The van der Waals surface area contributed by atoms with Gasteiger partial charge in [0.05, 0.1) is 38.8 Å². The first kappa shape index (κ1) is 25.3. The summed E-state index contributed by atoms with van der Waals surface area (Å²) >= 11 is 1.88. The summed E-state index contributed by atoms with van der Waals surface area (Å²) in [5.74, 6) is 0.00729. The molecule has 10 heteroatoms. The number of nitrogens with zero attached hydrogens (tertiary/aromatic N) is 5. The Balaban J connectivity index is 0.000000157. The lowest BCUT2D eigenvalue weighted by atomic mass is 9.98. The summed E-state index contributed by atoms with van der Waals surface area (Å²) in [5, 5.41) is 11.4. The molecule has 2 amide bonds. The van der Waals surface area contributed by atoms with Gasteiger partial charge in [-0.05, 0) is 63.9 Å². The van der Waals surface area contributed by atoms with Crippen molar-refractivity contribution in [2.45, 2.75) is 38.5 Å². The second-order valence-electron chi connectivity index (χ2n) is 10.1. The highest BCUT2D eigenvalue weighted by molar-refractivity contribution is 7.18. The molecule has 6 rings (SSSR count). The van der Waals surface area contributed by atoms with Crippen molar-refractivity contribution in [3.05, 3.63) is 47.9 Å². The number of carbonyl (C=O) groups excluding carboxylic acids is 2. The monoisotopic (exact) mass is 519 g/mol. The van der Waals surface area contributed by atoms with Crippen molar-refractivity contribution in [1.82, 2.24) is 30.0 Å². The molecule has 5 heterocycles. The van der Waals surface area contributed by atoms with Crippen LogP contribution in [0.5, 0.6) is 0 Å². The quantitative estimate of drug-likeness (QED) is 0.383. The summed E-state index contributed by atoms with van der Waals surface area (Å²) in [6, 6.07) is 8.45. The lowest BCUT2D eigenvalue weighted by Gasteiger charge is -2.30. The van der Waals surface area contributed by atoms with Crippen LogP contribution in [0.2, 0.25) is 0 Å². The first-order valence-corrected chi connectivity index (χ1v) is 13.7. The average molecular weight is 520 g/mol.